The fourth-order valence-corrected chi connectivity index (χ4v) is 2.18. The number of rotatable bonds is 4. The van der Waals surface area contributed by atoms with Gasteiger partial charge < -0.3 is 10.6 Å². The van der Waals surface area contributed by atoms with Crippen LogP contribution in [0.2, 0.25) is 0 Å². The van der Waals surface area contributed by atoms with Crippen molar-refractivity contribution in [2.45, 2.75) is 33.0 Å². The molecule has 0 saturated heterocycles. The Morgan fingerprint density at radius 2 is 1.67 bits per heavy atom. The van der Waals surface area contributed by atoms with Crippen molar-refractivity contribution in [2.24, 2.45) is 0 Å². The molecular formula is C18H19F3N2O. The number of aryl methyl sites for hydroxylation is 1. The second-order valence-corrected chi connectivity index (χ2v) is 5.86. The van der Waals surface area contributed by atoms with E-state index in [1.807, 2.05) is 26.8 Å². The molecule has 0 heterocycles. The third kappa shape index (κ3) is 4.50. The van der Waals surface area contributed by atoms with E-state index in [0.717, 1.165) is 23.4 Å². The number of halogens is 3. The van der Waals surface area contributed by atoms with Gasteiger partial charge in [-0.2, -0.15) is 13.2 Å². The number of hydrogen-bond donors (Lipinski definition) is 2. The maximum Gasteiger partial charge on any atom is 0.416 e. The predicted molar refractivity (Wildman–Crippen MR) is 89.3 cm³/mol. The first-order chi connectivity index (χ1) is 11.2. The van der Waals surface area contributed by atoms with Gasteiger partial charge in [-0.25, -0.2) is 0 Å². The lowest BCUT2D eigenvalue weighted by molar-refractivity contribution is -0.137. The van der Waals surface area contributed by atoms with Crippen molar-refractivity contribution >= 4 is 17.3 Å². The fourth-order valence-electron chi connectivity index (χ4n) is 2.18. The van der Waals surface area contributed by atoms with E-state index >= 15 is 0 Å². The van der Waals surface area contributed by atoms with Gasteiger partial charge >= 0.3 is 6.18 Å². The Bertz CT molecular complexity index is 722. The minimum Gasteiger partial charge on any atom is -0.383 e. The molecule has 2 aromatic carbocycles. The molecule has 0 fully saturated rings. The van der Waals surface area contributed by atoms with E-state index in [0.29, 0.717) is 5.69 Å². The summed E-state index contributed by atoms with van der Waals surface area (Å²) in [6.07, 6.45) is -4.41. The Morgan fingerprint density at radius 1 is 1.04 bits per heavy atom. The smallest absolute Gasteiger partial charge is 0.383 e. The van der Waals surface area contributed by atoms with Crippen molar-refractivity contribution in [3.05, 3.63) is 59.2 Å². The normalized spacial score (nSPS) is 11.5. The van der Waals surface area contributed by atoms with Gasteiger partial charge in [0.05, 0.1) is 5.56 Å². The zero-order valence-electron chi connectivity index (χ0n) is 13.7. The van der Waals surface area contributed by atoms with Gasteiger partial charge in [0.1, 0.15) is 0 Å². The molecule has 0 saturated carbocycles. The van der Waals surface area contributed by atoms with Crippen LogP contribution in [0.4, 0.5) is 24.5 Å². The highest BCUT2D eigenvalue weighted by molar-refractivity contribution is 6.04. The van der Waals surface area contributed by atoms with E-state index in [9.17, 15) is 18.0 Å². The first kappa shape index (κ1) is 17.8. The van der Waals surface area contributed by atoms with Gasteiger partial charge in [-0.05, 0) is 62.7 Å². The fraction of sp³-hybridized carbons (Fsp3) is 0.278. The van der Waals surface area contributed by atoms with Gasteiger partial charge in [0, 0.05) is 23.0 Å². The molecule has 24 heavy (non-hydrogen) atoms. The summed E-state index contributed by atoms with van der Waals surface area (Å²) in [7, 11) is 0. The highest BCUT2D eigenvalue weighted by Gasteiger charge is 2.30. The van der Waals surface area contributed by atoms with Crippen LogP contribution in [0.5, 0.6) is 0 Å². The van der Waals surface area contributed by atoms with Crippen molar-refractivity contribution in [1.29, 1.82) is 0 Å². The van der Waals surface area contributed by atoms with Crippen molar-refractivity contribution in [3.63, 3.8) is 0 Å². The molecule has 0 radical (unpaired) electrons. The van der Waals surface area contributed by atoms with E-state index < -0.39 is 17.6 Å². The van der Waals surface area contributed by atoms with Gasteiger partial charge in [0.25, 0.3) is 5.91 Å². The van der Waals surface area contributed by atoms with Crippen LogP contribution in [0, 0.1) is 6.92 Å². The van der Waals surface area contributed by atoms with Gasteiger partial charge in [-0.1, -0.05) is 6.07 Å². The second-order valence-electron chi connectivity index (χ2n) is 5.86. The molecule has 0 aliphatic rings. The quantitative estimate of drug-likeness (QED) is 0.817. The van der Waals surface area contributed by atoms with Crippen LogP contribution in [0.15, 0.2) is 42.5 Å². The Morgan fingerprint density at radius 3 is 2.21 bits per heavy atom. The van der Waals surface area contributed by atoms with Crippen LogP contribution in [0.25, 0.3) is 0 Å². The number of amides is 1. The van der Waals surface area contributed by atoms with Crippen LogP contribution in [-0.4, -0.2) is 11.9 Å². The van der Waals surface area contributed by atoms with Crippen molar-refractivity contribution in [1.82, 2.24) is 0 Å². The number of alkyl halides is 3. The molecule has 0 aliphatic carbocycles. The van der Waals surface area contributed by atoms with Crippen LogP contribution in [0.3, 0.4) is 0 Å². The summed E-state index contributed by atoms with van der Waals surface area (Å²) >= 11 is 0. The lowest BCUT2D eigenvalue weighted by atomic mass is 10.1. The standard InChI is InChI=1S/C18H19F3N2O/c1-11(2)22-16-10-15(9-4-12(16)3)23-17(24)13-5-7-14(8-6-13)18(19,20)21/h4-11,22H,1-3H3,(H,23,24). The molecule has 3 nitrogen and oxygen atoms in total. The van der Waals surface area contributed by atoms with Crippen LogP contribution >= 0.6 is 0 Å². The monoisotopic (exact) mass is 336 g/mol. The van der Waals surface area contributed by atoms with Crippen LogP contribution in [0.1, 0.15) is 35.3 Å². The van der Waals surface area contributed by atoms with Gasteiger partial charge in [-0.3, -0.25) is 4.79 Å². The summed E-state index contributed by atoms with van der Waals surface area (Å²) in [5.41, 5.74) is 1.90. The first-order valence-electron chi connectivity index (χ1n) is 7.52. The third-order valence-electron chi connectivity index (χ3n) is 3.41. The summed E-state index contributed by atoms with van der Waals surface area (Å²) in [4.78, 5) is 12.2. The summed E-state index contributed by atoms with van der Waals surface area (Å²) in [5, 5.41) is 5.97. The maximum absolute atomic E-state index is 12.5. The average molecular weight is 336 g/mol. The van der Waals surface area contributed by atoms with E-state index in [1.165, 1.54) is 12.1 Å². The predicted octanol–water partition coefficient (Wildman–Crippen LogP) is 5.09. The molecule has 0 unspecified atom stereocenters. The van der Waals surface area contributed by atoms with E-state index in [-0.39, 0.29) is 11.6 Å². The Labute approximate surface area is 138 Å². The van der Waals surface area contributed by atoms with Crippen molar-refractivity contribution in [2.75, 3.05) is 10.6 Å². The number of benzene rings is 2. The maximum atomic E-state index is 12.5. The highest BCUT2D eigenvalue weighted by Crippen LogP contribution is 2.29. The molecular weight excluding hydrogens is 317 g/mol. The Balaban J connectivity index is 2.15. The van der Waals surface area contributed by atoms with Crippen LogP contribution in [-0.2, 0) is 6.18 Å². The zero-order valence-corrected chi connectivity index (χ0v) is 13.7. The second kappa shape index (κ2) is 6.95. The summed E-state index contributed by atoms with van der Waals surface area (Å²) in [6.45, 7) is 5.96. The molecule has 1 amide bonds. The van der Waals surface area contributed by atoms with E-state index in [1.54, 1.807) is 12.1 Å². The first-order valence-corrected chi connectivity index (χ1v) is 7.52. The molecule has 2 aromatic rings. The molecule has 0 spiro atoms. The lowest BCUT2D eigenvalue weighted by Gasteiger charge is -2.15. The largest absolute Gasteiger partial charge is 0.416 e. The highest BCUT2D eigenvalue weighted by atomic mass is 19.4. The van der Waals surface area contributed by atoms with Crippen molar-refractivity contribution in [3.8, 4) is 0 Å². The molecule has 2 rings (SSSR count). The molecule has 0 atom stereocenters. The average Bonchev–Trinajstić information content (AvgIpc) is 2.49. The number of carbonyl (C=O) groups is 1. The summed E-state index contributed by atoms with van der Waals surface area (Å²) < 4.78 is 37.6. The SMILES string of the molecule is Cc1ccc(NC(=O)c2ccc(C(F)(F)F)cc2)cc1NC(C)C. The molecule has 0 aliphatic heterocycles. The number of nitrogens with one attached hydrogen (secondary N) is 2. The molecule has 0 aromatic heterocycles. The van der Waals surface area contributed by atoms with Gasteiger partial charge in [0.15, 0.2) is 0 Å². The molecule has 128 valence electrons. The van der Waals surface area contributed by atoms with Crippen molar-refractivity contribution < 1.29 is 18.0 Å². The zero-order chi connectivity index (χ0) is 17.9. The van der Waals surface area contributed by atoms with E-state index in [2.05, 4.69) is 10.6 Å². The third-order valence-corrected chi connectivity index (χ3v) is 3.41. The minimum atomic E-state index is -4.41. The van der Waals surface area contributed by atoms with Gasteiger partial charge in [-0.15, -0.1) is 0 Å². The molecule has 0 bridgehead atoms. The summed E-state index contributed by atoms with van der Waals surface area (Å²) in [5.74, 6) is -0.455. The molecule has 2 N–H and O–H groups in total. The summed E-state index contributed by atoms with van der Waals surface area (Å²) in [6, 6.07) is 9.79. The van der Waals surface area contributed by atoms with Gasteiger partial charge in [0.2, 0.25) is 0 Å². The Kier molecular flexibility index (Phi) is 5.17. The minimum absolute atomic E-state index is 0.168. The topological polar surface area (TPSA) is 41.1 Å². The van der Waals surface area contributed by atoms with Crippen LogP contribution < -0.4 is 10.6 Å². The lowest BCUT2D eigenvalue weighted by Crippen LogP contribution is -2.14. The van der Waals surface area contributed by atoms with E-state index in [4.69, 9.17) is 0 Å². The Hall–Kier alpha value is -2.50. The number of anilines is 2. The molecule has 6 heteroatoms. The number of hydrogen-bond acceptors (Lipinski definition) is 2. The number of carbonyl (C=O) groups excluding carboxylic acids is 1.